The number of nitrogens with one attached hydrogen (secondary N) is 2. The van der Waals surface area contributed by atoms with Crippen molar-refractivity contribution in [1.82, 2.24) is 4.72 Å². The van der Waals surface area contributed by atoms with Crippen LogP contribution in [0.15, 0.2) is 101 Å². The van der Waals surface area contributed by atoms with Gasteiger partial charge in [-0.15, -0.1) is 0 Å². The average Bonchev–Trinajstić information content (AvgIpc) is 2.88. The van der Waals surface area contributed by atoms with Gasteiger partial charge in [0.2, 0.25) is 5.96 Å². The molecule has 7 heteroatoms. The number of aliphatic imine (C=N–C) groups is 1. The summed E-state index contributed by atoms with van der Waals surface area (Å²) in [5, 5.41) is 3.25. The van der Waals surface area contributed by atoms with Crippen LogP contribution in [0.3, 0.4) is 0 Å². The van der Waals surface area contributed by atoms with Crippen LogP contribution >= 0.6 is 11.9 Å². The van der Waals surface area contributed by atoms with E-state index in [1.54, 1.807) is 12.1 Å². The summed E-state index contributed by atoms with van der Waals surface area (Å²) >= 11 is 1.37. The number of halogens is 2. The van der Waals surface area contributed by atoms with Gasteiger partial charge in [-0.1, -0.05) is 49.4 Å². The molecular formula is C28H23F2N3OS. The number of benzene rings is 4. The largest absolute Gasteiger partial charge is 0.457 e. The van der Waals surface area contributed by atoms with Gasteiger partial charge in [-0.3, -0.25) is 4.72 Å². The van der Waals surface area contributed by atoms with Crippen LogP contribution in [0.4, 0.5) is 14.5 Å². The van der Waals surface area contributed by atoms with Crippen LogP contribution < -0.4 is 14.8 Å². The molecule has 176 valence electrons. The van der Waals surface area contributed by atoms with E-state index in [4.69, 9.17) is 4.74 Å². The number of hydrogen-bond acceptors (Lipinski definition) is 3. The molecule has 0 aromatic heterocycles. The van der Waals surface area contributed by atoms with Crippen LogP contribution in [0, 0.1) is 11.6 Å². The highest BCUT2D eigenvalue weighted by Crippen LogP contribution is 2.40. The van der Waals surface area contributed by atoms with Crippen molar-refractivity contribution in [2.24, 2.45) is 4.99 Å². The van der Waals surface area contributed by atoms with Gasteiger partial charge in [-0.25, -0.2) is 13.8 Å². The molecule has 0 saturated carbocycles. The second-order valence-electron chi connectivity index (χ2n) is 8.16. The molecule has 0 saturated heterocycles. The molecule has 4 aromatic rings. The predicted molar refractivity (Wildman–Crippen MR) is 137 cm³/mol. The summed E-state index contributed by atoms with van der Waals surface area (Å²) in [6.07, 6.45) is 0. The molecule has 1 unspecified atom stereocenters. The van der Waals surface area contributed by atoms with E-state index in [0.717, 1.165) is 21.8 Å². The lowest BCUT2D eigenvalue weighted by molar-refractivity contribution is 0.482. The number of fused-ring (bicyclic) bond motifs is 1. The fourth-order valence-corrected chi connectivity index (χ4v) is 4.67. The van der Waals surface area contributed by atoms with Crippen LogP contribution in [0.1, 0.15) is 29.5 Å². The number of nitrogens with zero attached hydrogens (tertiary/aromatic N) is 1. The van der Waals surface area contributed by atoms with Gasteiger partial charge in [0, 0.05) is 11.5 Å². The van der Waals surface area contributed by atoms with Crippen molar-refractivity contribution in [3.63, 3.8) is 0 Å². The number of guanidine groups is 1. The summed E-state index contributed by atoms with van der Waals surface area (Å²) in [7, 11) is 0. The minimum Gasteiger partial charge on any atom is -0.457 e. The molecule has 0 radical (unpaired) electrons. The Morgan fingerprint density at radius 1 is 0.886 bits per heavy atom. The average molecular weight is 488 g/mol. The van der Waals surface area contributed by atoms with Gasteiger partial charge in [0.05, 0.1) is 17.1 Å². The molecule has 1 atom stereocenters. The number of para-hydroxylation sites is 1. The fraction of sp³-hybridized carbons (Fsp3) is 0.107. The maximum absolute atomic E-state index is 15.1. The molecule has 0 spiro atoms. The molecule has 4 aromatic carbocycles. The molecule has 1 heterocycles. The molecule has 1 aliphatic heterocycles. The quantitative estimate of drug-likeness (QED) is 0.277. The van der Waals surface area contributed by atoms with Crippen LogP contribution in [-0.4, -0.2) is 5.96 Å². The molecule has 2 N–H and O–H groups in total. The van der Waals surface area contributed by atoms with Gasteiger partial charge in [-0.05, 0) is 71.6 Å². The smallest absolute Gasteiger partial charge is 0.206 e. The zero-order chi connectivity index (χ0) is 24.2. The van der Waals surface area contributed by atoms with Crippen molar-refractivity contribution < 1.29 is 13.5 Å². The third kappa shape index (κ3) is 5.30. The van der Waals surface area contributed by atoms with E-state index in [0.29, 0.717) is 29.5 Å². The van der Waals surface area contributed by atoms with Crippen molar-refractivity contribution in [3.05, 3.63) is 119 Å². The van der Waals surface area contributed by atoms with Crippen LogP contribution in [0.5, 0.6) is 11.5 Å². The van der Waals surface area contributed by atoms with Crippen molar-refractivity contribution in [2.75, 3.05) is 5.32 Å². The first kappa shape index (κ1) is 22.9. The summed E-state index contributed by atoms with van der Waals surface area (Å²) in [6.45, 7) is 2.27. The van der Waals surface area contributed by atoms with Gasteiger partial charge < -0.3 is 10.1 Å². The van der Waals surface area contributed by atoms with Gasteiger partial charge in [0.25, 0.3) is 0 Å². The lowest BCUT2D eigenvalue weighted by Gasteiger charge is -2.26. The third-order valence-electron chi connectivity index (χ3n) is 5.76. The normalized spacial score (nSPS) is 14.5. The van der Waals surface area contributed by atoms with Gasteiger partial charge in [0.15, 0.2) is 0 Å². The summed E-state index contributed by atoms with van der Waals surface area (Å²) in [6, 6.07) is 26.8. The minimum absolute atomic E-state index is 0.216. The first-order chi connectivity index (χ1) is 17.1. The number of anilines is 1. The summed E-state index contributed by atoms with van der Waals surface area (Å²) in [4.78, 5) is 5.39. The Bertz CT molecular complexity index is 1360. The fourth-order valence-electron chi connectivity index (χ4n) is 3.95. The Hall–Kier alpha value is -3.84. The lowest BCUT2D eigenvalue weighted by atomic mass is 9.91. The minimum atomic E-state index is -0.301. The Morgan fingerprint density at radius 3 is 2.43 bits per heavy atom. The van der Waals surface area contributed by atoms with Crippen molar-refractivity contribution >= 4 is 23.6 Å². The SMILES string of the molecule is CC(c1ccc(Oc2ccccc2)cc1)c1c(F)ccc2c1NC(=NCc1cccc(F)c1)NS2. The Balaban J connectivity index is 1.37. The zero-order valence-electron chi connectivity index (χ0n) is 19.0. The summed E-state index contributed by atoms with van der Waals surface area (Å²) in [5.74, 6) is 1.16. The van der Waals surface area contributed by atoms with Crippen molar-refractivity contribution in [1.29, 1.82) is 0 Å². The molecule has 0 amide bonds. The van der Waals surface area contributed by atoms with E-state index in [2.05, 4.69) is 15.0 Å². The van der Waals surface area contributed by atoms with Crippen molar-refractivity contribution in [3.8, 4) is 11.5 Å². The van der Waals surface area contributed by atoms with Crippen LogP contribution in [0.2, 0.25) is 0 Å². The highest BCUT2D eigenvalue weighted by atomic mass is 32.2. The van der Waals surface area contributed by atoms with Crippen LogP contribution in [-0.2, 0) is 6.54 Å². The lowest BCUT2D eigenvalue weighted by Crippen LogP contribution is -2.30. The van der Waals surface area contributed by atoms with Crippen molar-refractivity contribution in [2.45, 2.75) is 24.3 Å². The van der Waals surface area contributed by atoms with E-state index >= 15 is 4.39 Å². The second-order valence-corrected chi connectivity index (χ2v) is 9.01. The molecule has 4 nitrogen and oxygen atoms in total. The Kier molecular flexibility index (Phi) is 6.68. The Morgan fingerprint density at radius 2 is 1.66 bits per heavy atom. The molecule has 0 bridgehead atoms. The van der Waals surface area contributed by atoms with E-state index < -0.39 is 0 Å². The number of ether oxygens (including phenoxy) is 1. The van der Waals surface area contributed by atoms with E-state index in [1.807, 2.05) is 67.6 Å². The van der Waals surface area contributed by atoms with Crippen LogP contribution in [0.25, 0.3) is 0 Å². The standard InChI is InChI=1S/C28H23F2N3OS/c1-18(20-10-12-23(13-11-20)34-22-8-3-2-4-9-22)26-24(30)14-15-25-27(26)32-28(33-35-25)31-17-19-6-5-7-21(29)16-19/h2-16,18H,17H2,1H3,(H2,31,32,33). The number of hydrogen-bond donors (Lipinski definition) is 2. The first-order valence-electron chi connectivity index (χ1n) is 11.2. The maximum Gasteiger partial charge on any atom is 0.206 e. The van der Waals surface area contributed by atoms with E-state index in [9.17, 15) is 4.39 Å². The second kappa shape index (κ2) is 10.2. The predicted octanol–water partition coefficient (Wildman–Crippen LogP) is 7.49. The summed E-state index contributed by atoms with van der Waals surface area (Å²) in [5.41, 5.74) is 2.96. The molecule has 0 aliphatic carbocycles. The highest BCUT2D eigenvalue weighted by molar-refractivity contribution is 7.98. The molecular weight excluding hydrogens is 464 g/mol. The third-order valence-corrected chi connectivity index (χ3v) is 6.61. The highest BCUT2D eigenvalue weighted by Gasteiger charge is 2.24. The summed E-state index contributed by atoms with van der Waals surface area (Å²) < 4.78 is 37.6. The monoisotopic (exact) mass is 487 g/mol. The zero-order valence-corrected chi connectivity index (χ0v) is 19.8. The number of rotatable bonds is 6. The molecule has 5 rings (SSSR count). The van der Waals surface area contributed by atoms with Gasteiger partial charge in [-0.2, -0.15) is 0 Å². The topological polar surface area (TPSA) is 45.6 Å². The Labute approximate surface area is 207 Å². The van der Waals surface area contributed by atoms with E-state index in [1.165, 1.54) is 30.1 Å². The first-order valence-corrected chi connectivity index (χ1v) is 12.0. The van der Waals surface area contributed by atoms with Gasteiger partial charge >= 0.3 is 0 Å². The maximum atomic E-state index is 15.1. The molecule has 0 fully saturated rings. The molecule has 35 heavy (non-hydrogen) atoms. The van der Waals surface area contributed by atoms with Gasteiger partial charge in [0.1, 0.15) is 23.1 Å². The molecule has 1 aliphatic rings. The van der Waals surface area contributed by atoms with E-state index in [-0.39, 0.29) is 17.6 Å².